The number of aromatic hydroxyl groups is 1. The summed E-state index contributed by atoms with van der Waals surface area (Å²) in [5, 5.41) is 12.4. The highest BCUT2D eigenvalue weighted by Gasteiger charge is 2.01. The van der Waals surface area contributed by atoms with Crippen molar-refractivity contribution in [1.29, 1.82) is 0 Å². The van der Waals surface area contributed by atoms with E-state index >= 15 is 0 Å². The van der Waals surface area contributed by atoms with Crippen LogP contribution in [0.15, 0.2) is 30.6 Å². The lowest BCUT2D eigenvalue weighted by atomic mass is 10.2. The highest BCUT2D eigenvalue weighted by Crippen LogP contribution is 2.14. The number of benzene rings is 1. The summed E-state index contributed by atoms with van der Waals surface area (Å²) in [6, 6.07) is 4.02. The van der Waals surface area contributed by atoms with Gasteiger partial charge in [0.15, 0.2) is 0 Å². The zero-order chi connectivity index (χ0) is 12.3. The number of rotatable bonds is 4. The molecule has 4 nitrogen and oxygen atoms in total. The molecular formula is C12H14FN3O. The molecule has 2 rings (SSSR count). The maximum atomic E-state index is 13.0. The Hall–Kier alpha value is -1.88. The second-order valence-electron chi connectivity index (χ2n) is 3.88. The standard InChI is InChI=1S/C12H14FN3O/c1-16-3-2-15-12(16)8-14-7-9-4-10(13)6-11(17)5-9/h2-6,14,17H,7-8H2,1H3. The Morgan fingerprint density at radius 3 is 2.82 bits per heavy atom. The molecule has 1 aromatic carbocycles. The monoisotopic (exact) mass is 235 g/mol. The van der Waals surface area contributed by atoms with Crippen LogP contribution >= 0.6 is 0 Å². The van der Waals surface area contributed by atoms with Crippen molar-refractivity contribution >= 4 is 0 Å². The minimum absolute atomic E-state index is 0.0567. The Labute approximate surface area is 98.7 Å². The number of halogens is 1. The van der Waals surface area contributed by atoms with Gasteiger partial charge in [0.2, 0.25) is 0 Å². The minimum atomic E-state index is -0.432. The van der Waals surface area contributed by atoms with Gasteiger partial charge in [-0.2, -0.15) is 0 Å². The summed E-state index contributed by atoms with van der Waals surface area (Å²) >= 11 is 0. The lowest BCUT2D eigenvalue weighted by molar-refractivity contribution is 0.467. The highest BCUT2D eigenvalue weighted by atomic mass is 19.1. The van der Waals surface area contributed by atoms with E-state index in [1.165, 1.54) is 12.1 Å². The largest absolute Gasteiger partial charge is 0.508 e. The Morgan fingerprint density at radius 2 is 2.18 bits per heavy atom. The molecular weight excluding hydrogens is 221 g/mol. The molecule has 5 heteroatoms. The molecule has 0 aliphatic carbocycles. The molecule has 0 fully saturated rings. The number of phenols is 1. The van der Waals surface area contributed by atoms with Gasteiger partial charge in [0.25, 0.3) is 0 Å². The Kier molecular flexibility index (Phi) is 3.39. The van der Waals surface area contributed by atoms with Crippen molar-refractivity contribution in [2.24, 2.45) is 7.05 Å². The van der Waals surface area contributed by atoms with E-state index in [4.69, 9.17) is 0 Å². The summed E-state index contributed by atoms with van der Waals surface area (Å²) in [6.45, 7) is 1.08. The number of hydrogen-bond acceptors (Lipinski definition) is 3. The molecule has 1 aromatic heterocycles. The van der Waals surface area contributed by atoms with Gasteiger partial charge in [0, 0.05) is 32.1 Å². The van der Waals surface area contributed by atoms with Gasteiger partial charge in [0.1, 0.15) is 17.4 Å². The van der Waals surface area contributed by atoms with Gasteiger partial charge >= 0.3 is 0 Å². The van der Waals surface area contributed by atoms with Crippen LogP contribution in [0.25, 0.3) is 0 Å². The quantitative estimate of drug-likeness (QED) is 0.845. The summed E-state index contributed by atoms with van der Waals surface area (Å²) in [4.78, 5) is 4.16. The second-order valence-corrected chi connectivity index (χ2v) is 3.88. The Balaban J connectivity index is 1.92. The van der Waals surface area contributed by atoms with Gasteiger partial charge in [-0.15, -0.1) is 0 Å². The topological polar surface area (TPSA) is 50.1 Å². The van der Waals surface area contributed by atoms with Crippen LogP contribution in [-0.4, -0.2) is 14.7 Å². The third-order valence-corrected chi connectivity index (χ3v) is 2.48. The number of aryl methyl sites for hydroxylation is 1. The molecule has 0 unspecified atom stereocenters. The minimum Gasteiger partial charge on any atom is -0.508 e. The van der Waals surface area contributed by atoms with Crippen LogP contribution in [0.3, 0.4) is 0 Å². The molecule has 0 atom stereocenters. The van der Waals surface area contributed by atoms with Crippen LogP contribution in [0.5, 0.6) is 5.75 Å². The first-order chi connectivity index (χ1) is 8.15. The SMILES string of the molecule is Cn1ccnc1CNCc1cc(O)cc(F)c1. The number of nitrogens with zero attached hydrogens (tertiary/aromatic N) is 2. The summed E-state index contributed by atoms with van der Waals surface area (Å²) in [7, 11) is 1.91. The van der Waals surface area contributed by atoms with Crippen LogP contribution in [0.1, 0.15) is 11.4 Å². The molecule has 0 amide bonds. The molecule has 2 N–H and O–H groups in total. The zero-order valence-corrected chi connectivity index (χ0v) is 9.52. The van der Waals surface area contributed by atoms with Crippen molar-refractivity contribution in [3.8, 4) is 5.75 Å². The molecule has 2 aromatic rings. The number of aromatic nitrogens is 2. The van der Waals surface area contributed by atoms with Crippen molar-refractivity contribution in [2.75, 3.05) is 0 Å². The van der Waals surface area contributed by atoms with Gasteiger partial charge in [0.05, 0.1) is 6.54 Å². The van der Waals surface area contributed by atoms with Gasteiger partial charge in [-0.1, -0.05) is 0 Å². The second kappa shape index (κ2) is 4.97. The van der Waals surface area contributed by atoms with Crippen molar-refractivity contribution < 1.29 is 9.50 Å². The Morgan fingerprint density at radius 1 is 1.35 bits per heavy atom. The summed E-state index contributed by atoms with van der Waals surface area (Å²) in [6.07, 6.45) is 3.59. The van der Waals surface area contributed by atoms with E-state index in [0.29, 0.717) is 18.7 Å². The fourth-order valence-corrected chi connectivity index (χ4v) is 1.62. The van der Waals surface area contributed by atoms with Crippen LogP contribution < -0.4 is 5.32 Å². The molecule has 0 saturated heterocycles. The predicted octanol–water partition coefficient (Wildman–Crippen LogP) is 1.55. The van der Waals surface area contributed by atoms with E-state index in [-0.39, 0.29) is 5.75 Å². The fourth-order valence-electron chi connectivity index (χ4n) is 1.62. The number of hydrogen-bond donors (Lipinski definition) is 2. The number of nitrogens with one attached hydrogen (secondary N) is 1. The van der Waals surface area contributed by atoms with Crippen LogP contribution in [0.2, 0.25) is 0 Å². The fraction of sp³-hybridized carbons (Fsp3) is 0.250. The van der Waals surface area contributed by atoms with Gasteiger partial charge in [-0.05, 0) is 17.7 Å². The number of imidazole rings is 1. The average molecular weight is 235 g/mol. The van der Waals surface area contributed by atoms with Crippen LogP contribution in [0.4, 0.5) is 4.39 Å². The van der Waals surface area contributed by atoms with E-state index in [1.807, 2.05) is 17.8 Å². The molecule has 0 spiro atoms. The lowest BCUT2D eigenvalue weighted by Gasteiger charge is -2.06. The maximum absolute atomic E-state index is 13.0. The molecule has 17 heavy (non-hydrogen) atoms. The maximum Gasteiger partial charge on any atom is 0.127 e. The third kappa shape index (κ3) is 3.04. The lowest BCUT2D eigenvalue weighted by Crippen LogP contribution is -2.15. The molecule has 90 valence electrons. The van der Waals surface area contributed by atoms with E-state index in [1.54, 1.807) is 6.20 Å². The Bertz CT molecular complexity index is 490. The van der Waals surface area contributed by atoms with Gasteiger partial charge in [-0.3, -0.25) is 0 Å². The van der Waals surface area contributed by atoms with Crippen molar-refractivity contribution in [1.82, 2.24) is 14.9 Å². The number of phenolic OH excluding ortho intramolecular Hbond substituents is 1. The van der Waals surface area contributed by atoms with Crippen molar-refractivity contribution in [2.45, 2.75) is 13.1 Å². The molecule has 1 heterocycles. The normalized spacial score (nSPS) is 10.7. The smallest absolute Gasteiger partial charge is 0.127 e. The van der Waals surface area contributed by atoms with E-state index < -0.39 is 5.82 Å². The molecule has 0 aliphatic rings. The first-order valence-electron chi connectivity index (χ1n) is 5.30. The highest BCUT2D eigenvalue weighted by molar-refractivity contribution is 5.28. The first kappa shape index (κ1) is 11.6. The average Bonchev–Trinajstić information content (AvgIpc) is 2.63. The molecule has 0 bridgehead atoms. The summed E-state index contributed by atoms with van der Waals surface area (Å²) < 4.78 is 14.9. The van der Waals surface area contributed by atoms with E-state index in [9.17, 15) is 9.50 Å². The molecule has 0 aliphatic heterocycles. The predicted molar refractivity (Wildman–Crippen MR) is 61.8 cm³/mol. The molecule has 0 saturated carbocycles. The van der Waals surface area contributed by atoms with E-state index in [2.05, 4.69) is 10.3 Å². The van der Waals surface area contributed by atoms with Gasteiger partial charge in [-0.25, -0.2) is 9.37 Å². The van der Waals surface area contributed by atoms with Crippen LogP contribution in [-0.2, 0) is 20.1 Å². The van der Waals surface area contributed by atoms with E-state index in [0.717, 1.165) is 11.9 Å². The third-order valence-electron chi connectivity index (χ3n) is 2.48. The summed E-state index contributed by atoms with van der Waals surface area (Å²) in [5.41, 5.74) is 0.705. The van der Waals surface area contributed by atoms with Gasteiger partial charge < -0.3 is 15.0 Å². The van der Waals surface area contributed by atoms with Crippen molar-refractivity contribution in [3.63, 3.8) is 0 Å². The van der Waals surface area contributed by atoms with Crippen LogP contribution in [0, 0.1) is 5.82 Å². The molecule has 0 radical (unpaired) electrons. The zero-order valence-electron chi connectivity index (χ0n) is 9.52. The van der Waals surface area contributed by atoms with Crippen molar-refractivity contribution in [3.05, 3.63) is 47.8 Å². The first-order valence-corrected chi connectivity index (χ1v) is 5.30. The summed E-state index contributed by atoms with van der Waals surface area (Å²) in [5.74, 6) is 0.420.